The number of imidazole rings is 1. The number of hydrogen-bond acceptors (Lipinski definition) is 4. The van der Waals surface area contributed by atoms with Crippen LogP contribution in [0.15, 0.2) is 24.5 Å². The minimum atomic E-state index is -0.570. The maximum Gasteiger partial charge on any atom is 0.236 e. The Morgan fingerprint density at radius 3 is 3.00 bits per heavy atom. The number of nitrogens with one attached hydrogen (secondary N) is 1. The molecule has 2 heterocycles. The Morgan fingerprint density at radius 2 is 2.37 bits per heavy atom. The number of rotatable bonds is 3. The lowest BCUT2D eigenvalue weighted by Gasteiger charge is -2.38. The molecule has 19 heavy (non-hydrogen) atoms. The summed E-state index contributed by atoms with van der Waals surface area (Å²) < 4.78 is 7.04. The molecule has 0 bridgehead atoms. The minimum Gasteiger partial charge on any atom is -0.379 e. The van der Waals surface area contributed by atoms with Crippen LogP contribution in [0, 0.1) is 5.41 Å². The average molecular weight is 260 g/mol. The van der Waals surface area contributed by atoms with Crippen molar-refractivity contribution in [2.24, 2.45) is 18.2 Å². The van der Waals surface area contributed by atoms with Gasteiger partial charge in [0, 0.05) is 19.3 Å². The van der Waals surface area contributed by atoms with Crippen LogP contribution >= 0.6 is 0 Å². The maximum absolute atomic E-state index is 12.2. The van der Waals surface area contributed by atoms with Gasteiger partial charge in [0.15, 0.2) is 0 Å². The van der Waals surface area contributed by atoms with E-state index in [1.54, 1.807) is 6.33 Å². The van der Waals surface area contributed by atoms with Gasteiger partial charge < -0.3 is 20.4 Å². The van der Waals surface area contributed by atoms with Crippen LogP contribution in [0.2, 0.25) is 0 Å². The van der Waals surface area contributed by atoms with Gasteiger partial charge in [-0.3, -0.25) is 4.79 Å². The van der Waals surface area contributed by atoms with Gasteiger partial charge >= 0.3 is 0 Å². The van der Waals surface area contributed by atoms with Crippen LogP contribution in [0.1, 0.15) is 0 Å². The summed E-state index contributed by atoms with van der Waals surface area (Å²) in [6.07, 6.45) is 1.75. The highest BCUT2D eigenvalue weighted by Crippen LogP contribution is 2.28. The molecule has 1 aliphatic rings. The number of amides is 1. The Hall–Kier alpha value is -1.92. The minimum absolute atomic E-state index is 0.0865. The Morgan fingerprint density at radius 1 is 1.58 bits per heavy atom. The highest BCUT2D eigenvalue weighted by Gasteiger charge is 2.44. The lowest BCUT2D eigenvalue weighted by atomic mass is 9.85. The molecule has 0 spiro atoms. The van der Waals surface area contributed by atoms with Gasteiger partial charge in [-0.1, -0.05) is 0 Å². The van der Waals surface area contributed by atoms with Crippen LogP contribution in [-0.2, 0) is 16.6 Å². The molecule has 0 saturated carbocycles. The van der Waals surface area contributed by atoms with Crippen LogP contribution in [0.25, 0.3) is 11.0 Å². The van der Waals surface area contributed by atoms with Crippen LogP contribution < -0.4 is 11.1 Å². The molecular weight excluding hydrogens is 244 g/mol. The number of aromatic nitrogens is 2. The summed E-state index contributed by atoms with van der Waals surface area (Å²) in [5, 5.41) is 2.89. The zero-order valence-electron chi connectivity index (χ0n) is 10.7. The van der Waals surface area contributed by atoms with E-state index in [1.807, 2.05) is 29.8 Å². The molecule has 1 saturated heterocycles. The summed E-state index contributed by atoms with van der Waals surface area (Å²) in [5.74, 6) is -0.0865. The molecule has 1 aliphatic heterocycles. The van der Waals surface area contributed by atoms with E-state index in [1.165, 1.54) is 0 Å². The molecular formula is C13H16N4O2. The molecule has 2 aromatic rings. The smallest absolute Gasteiger partial charge is 0.236 e. The van der Waals surface area contributed by atoms with E-state index < -0.39 is 5.41 Å². The van der Waals surface area contributed by atoms with E-state index in [2.05, 4.69) is 10.3 Å². The number of carbonyl (C=O) groups is 1. The van der Waals surface area contributed by atoms with Gasteiger partial charge in [0.25, 0.3) is 0 Å². The van der Waals surface area contributed by atoms with Crippen LogP contribution in [-0.4, -0.2) is 35.2 Å². The summed E-state index contributed by atoms with van der Waals surface area (Å²) >= 11 is 0. The van der Waals surface area contributed by atoms with Crippen molar-refractivity contribution in [2.75, 3.05) is 25.1 Å². The summed E-state index contributed by atoms with van der Waals surface area (Å²) in [6, 6.07) is 5.66. The number of aryl methyl sites for hydroxylation is 1. The highest BCUT2D eigenvalue weighted by molar-refractivity contribution is 5.97. The first-order chi connectivity index (χ1) is 9.14. The molecule has 0 atom stereocenters. The summed E-state index contributed by atoms with van der Waals surface area (Å²) in [6.45, 7) is 1.08. The van der Waals surface area contributed by atoms with Crippen LogP contribution in [0.5, 0.6) is 0 Å². The van der Waals surface area contributed by atoms with E-state index in [0.717, 1.165) is 16.7 Å². The molecule has 3 N–H and O–H groups in total. The standard InChI is InChI=1S/C13H16N4O2/c1-17-8-15-10-4-9(2-3-11(10)17)16-12(18)13(5-14)6-19-7-13/h2-4,8H,5-7,14H2,1H3,(H,16,18). The topological polar surface area (TPSA) is 82.2 Å². The van der Waals surface area contributed by atoms with Crippen molar-refractivity contribution >= 4 is 22.6 Å². The van der Waals surface area contributed by atoms with Gasteiger partial charge in [0.1, 0.15) is 5.41 Å². The van der Waals surface area contributed by atoms with Gasteiger partial charge in [0.2, 0.25) is 5.91 Å². The average Bonchev–Trinajstić information content (AvgIpc) is 2.70. The van der Waals surface area contributed by atoms with Crippen molar-refractivity contribution in [1.29, 1.82) is 0 Å². The lowest BCUT2D eigenvalue weighted by Crippen LogP contribution is -2.56. The van der Waals surface area contributed by atoms with E-state index in [-0.39, 0.29) is 5.91 Å². The van der Waals surface area contributed by atoms with E-state index >= 15 is 0 Å². The van der Waals surface area contributed by atoms with E-state index in [4.69, 9.17) is 10.5 Å². The Balaban J connectivity index is 1.83. The number of hydrogen-bond donors (Lipinski definition) is 2. The van der Waals surface area contributed by atoms with E-state index in [9.17, 15) is 4.79 Å². The molecule has 3 rings (SSSR count). The van der Waals surface area contributed by atoms with Crippen molar-refractivity contribution in [3.05, 3.63) is 24.5 Å². The molecule has 0 radical (unpaired) electrons. The molecule has 1 amide bonds. The fourth-order valence-corrected chi connectivity index (χ4v) is 2.17. The monoisotopic (exact) mass is 260 g/mol. The molecule has 1 fully saturated rings. The van der Waals surface area contributed by atoms with Gasteiger partial charge in [-0.05, 0) is 18.2 Å². The first-order valence-corrected chi connectivity index (χ1v) is 6.15. The third kappa shape index (κ3) is 1.89. The summed E-state index contributed by atoms with van der Waals surface area (Å²) in [7, 11) is 1.93. The highest BCUT2D eigenvalue weighted by atomic mass is 16.5. The number of ether oxygens (including phenoxy) is 1. The van der Waals surface area contributed by atoms with Crippen molar-refractivity contribution in [1.82, 2.24) is 9.55 Å². The predicted molar refractivity (Wildman–Crippen MR) is 71.7 cm³/mol. The number of nitrogens with two attached hydrogens (primary N) is 1. The number of nitrogens with zero attached hydrogens (tertiary/aromatic N) is 2. The van der Waals surface area contributed by atoms with Crippen LogP contribution in [0.3, 0.4) is 0 Å². The molecule has 6 nitrogen and oxygen atoms in total. The maximum atomic E-state index is 12.2. The van der Waals surface area contributed by atoms with Crippen molar-refractivity contribution in [2.45, 2.75) is 0 Å². The quantitative estimate of drug-likeness (QED) is 0.841. The van der Waals surface area contributed by atoms with Gasteiger partial charge in [0.05, 0.1) is 30.6 Å². The number of benzene rings is 1. The zero-order valence-corrected chi connectivity index (χ0v) is 10.7. The SMILES string of the molecule is Cn1cnc2cc(NC(=O)C3(CN)COC3)ccc21. The van der Waals surface area contributed by atoms with E-state index in [0.29, 0.717) is 19.8 Å². The van der Waals surface area contributed by atoms with Gasteiger partial charge in [-0.15, -0.1) is 0 Å². The molecule has 1 aromatic carbocycles. The second-order valence-corrected chi connectivity index (χ2v) is 4.99. The van der Waals surface area contributed by atoms with Crippen LogP contribution in [0.4, 0.5) is 5.69 Å². The summed E-state index contributed by atoms with van der Waals surface area (Å²) in [5.41, 5.74) is 7.70. The second-order valence-electron chi connectivity index (χ2n) is 4.99. The molecule has 0 aliphatic carbocycles. The third-order valence-electron chi connectivity index (χ3n) is 3.61. The van der Waals surface area contributed by atoms with Crippen molar-refractivity contribution < 1.29 is 9.53 Å². The van der Waals surface area contributed by atoms with Crippen molar-refractivity contribution in [3.8, 4) is 0 Å². The predicted octanol–water partition coefficient (Wildman–Crippen LogP) is 0.487. The van der Waals surface area contributed by atoms with Gasteiger partial charge in [-0.25, -0.2) is 4.98 Å². The number of anilines is 1. The van der Waals surface area contributed by atoms with Gasteiger partial charge in [-0.2, -0.15) is 0 Å². The Bertz CT molecular complexity index is 625. The summed E-state index contributed by atoms with van der Waals surface area (Å²) in [4.78, 5) is 16.5. The first kappa shape index (κ1) is 12.1. The number of carbonyl (C=O) groups excluding carboxylic acids is 1. The Labute approximate surface area is 110 Å². The molecule has 1 aromatic heterocycles. The fraction of sp³-hybridized carbons (Fsp3) is 0.385. The fourth-order valence-electron chi connectivity index (χ4n) is 2.17. The third-order valence-corrected chi connectivity index (χ3v) is 3.61. The molecule has 100 valence electrons. The largest absolute Gasteiger partial charge is 0.379 e. The second kappa shape index (κ2) is 4.32. The van der Waals surface area contributed by atoms with Crippen molar-refractivity contribution in [3.63, 3.8) is 0 Å². The zero-order chi connectivity index (χ0) is 13.5. The normalized spacial score (nSPS) is 17.2. The molecule has 0 unspecified atom stereocenters. The number of fused-ring (bicyclic) bond motifs is 1. The first-order valence-electron chi connectivity index (χ1n) is 6.15. The lowest BCUT2D eigenvalue weighted by molar-refractivity contribution is -0.153. The Kier molecular flexibility index (Phi) is 2.76. The molecule has 6 heteroatoms.